The molecule has 1 aliphatic rings. The highest BCUT2D eigenvalue weighted by Gasteiger charge is 2.92. The van der Waals surface area contributed by atoms with E-state index in [1.54, 1.807) is 0 Å². The van der Waals surface area contributed by atoms with E-state index in [0.717, 1.165) is 6.92 Å². The molecule has 27 heavy (non-hydrogen) atoms. The summed E-state index contributed by atoms with van der Waals surface area (Å²) in [5.74, 6) is -41.9. The summed E-state index contributed by atoms with van der Waals surface area (Å²) in [6.07, 6.45) is -2.02. The molecule has 1 rings (SSSR count). The Hall–Kier alpha value is -1.12. The van der Waals surface area contributed by atoms with Crippen molar-refractivity contribution >= 4 is 17.3 Å². The Labute approximate surface area is 146 Å². The molecule has 1 N–H and O–H groups in total. The largest absolute Gasteiger partial charge is 0.393 e. The second kappa shape index (κ2) is 6.19. The molecule has 0 aliphatic carbocycles. The zero-order valence-corrected chi connectivity index (χ0v) is 13.4. The lowest BCUT2D eigenvalue weighted by Gasteiger charge is -2.42. The van der Waals surface area contributed by atoms with Crippen LogP contribution in [0, 0.1) is 0 Å². The Morgan fingerprint density at radius 1 is 0.889 bits per heavy atom. The molecule has 0 bridgehead atoms. The van der Waals surface area contributed by atoms with Gasteiger partial charge in [-0.3, -0.25) is 0 Å². The Balaban J connectivity index is 3.47. The normalized spacial score (nSPS) is 23.3. The van der Waals surface area contributed by atoms with Crippen LogP contribution in [0.4, 0.5) is 52.7 Å². The van der Waals surface area contributed by atoms with Crippen molar-refractivity contribution in [3.63, 3.8) is 0 Å². The third-order valence-electron chi connectivity index (χ3n) is 3.60. The van der Waals surface area contributed by atoms with Gasteiger partial charge in [0.15, 0.2) is 0 Å². The molecule has 0 saturated carbocycles. The van der Waals surface area contributed by atoms with Crippen LogP contribution in [0.5, 0.6) is 0 Å². The van der Waals surface area contributed by atoms with Gasteiger partial charge in [0.1, 0.15) is 0 Å². The standard InChI is InChI=1S/C11H8ClF12NO2/c1-2-4-3-5(26,27-25-4)6(13,14)7(15,16)8(17,18)9(19,20)10(21,22)11(12,23)24/h26H,2-3H2,1H3. The lowest BCUT2D eigenvalue weighted by atomic mass is 9.88. The number of rotatable bonds is 7. The van der Waals surface area contributed by atoms with E-state index in [-0.39, 0.29) is 6.42 Å². The molecule has 1 unspecified atom stereocenters. The molecule has 0 aromatic carbocycles. The molecule has 0 amide bonds. The molecule has 0 aromatic rings. The Morgan fingerprint density at radius 3 is 1.63 bits per heavy atom. The van der Waals surface area contributed by atoms with E-state index in [1.807, 2.05) is 0 Å². The third kappa shape index (κ3) is 3.00. The van der Waals surface area contributed by atoms with Gasteiger partial charge in [-0.2, -0.15) is 52.7 Å². The zero-order valence-electron chi connectivity index (χ0n) is 12.6. The van der Waals surface area contributed by atoms with Gasteiger partial charge in [0.2, 0.25) is 0 Å². The van der Waals surface area contributed by atoms with Crippen molar-refractivity contribution in [2.45, 2.75) is 60.5 Å². The van der Waals surface area contributed by atoms with Gasteiger partial charge in [-0.25, -0.2) is 0 Å². The lowest BCUT2D eigenvalue weighted by Crippen LogP contribution is -2.73. The summed E-state index contributed by atoms with van der Waals surface area (Å²) in [7, 11) is 0. The molecule has 0 saturated heterocycles. The summed E-state index contributed by atoms with van der Waals surface area (Å²) in [4.78, 5) is 3.53. The maximum Gasteiger partial charge on any atom is 0.393 e. The highest BCUT2D eigenvalue weighted by molar-refractivity contribution is 6.22. The van der Waals surface area contributed by atoms with E-state index >= 15 is 0 Å². The van der Waals surface area contributed by atoms with Crippen LogP contribution in [0.2, 0.25) is 0 Å². The average molecular weight is 450 g/mol. The van der Waals surface area contributed by atoms with Crippen molar-refractivity contribution in [1.82, 2.24) is 0 Å². The smallest absolute Gasteiger partial charge is 0.353 e. The maximum atomic E-state index is 13.8. The van der Waals surface area contributed by atoms with E-state index in [1.165, 1.54) is 0 Å². The third-order valence-corrected chi connectivity index (χ3v) is 3.84. The minimum absolute atomic E-state index is 0.340. The number of oxime groups is 1. The number of hydrogen-bond acceptors (Lipinski definition) is 3. The number of nitrogens with zero attached hydrogens (tertiary/aromatic N) is 1. The summed E-state index contributed by atoms with van der Waals surface area (Å²) in [6, 6.07) is 0. The molecule has 0 spiro atoms. The molecule has 0 aromatic heterocycles. The first-order valence-corrected chi connectivity index (χ1v) is 6.94. The minimum Gasteiger partial charge on any atom is -0.353 e. The molecule has 0 fully saturated rings. The van der Waals surface area contributed by atoms with E-state index in [4.69, 9.17) is 0 Å². The van der Waals surface area contributed by atoms with Gasteiger partial charge in [-0.1, -0.05) is 12.1 Å². The number of halogens is 13. The molecule has 16 heteroatoms. The van der Waals surface area contributed by atoms with Crippen molar-refractivity contribution < 1.29 is 62.6 Å². The number of aliphatic hydroxyl groups is 1. The molecule has 1 heterocycles. The van der Waals surface area contributed by atoms with Crippen LogP contribution in [-0.4, -0.2) is 51.6 Å². The van der Waals surface area contributed by atoms with Gasteiger partial charge in [-0.15, -0.1) is 0 Å². The van der Waals surface area contributed by atoms with Crippen LogP contribution in [-0.2, 0) is 4.84 Å². The SMILES string of the molecule is CCC1=NOC(O)(C(F)(F)C(F)(F)C(F)(F)C(F)(F)C(F)(F)C(F)(F)Cl)C1. The summed E-state index contributed by atoms with van der Waals surface area (Å²) in [5.41, 5.74) is -0.597. The van der Waals surface area contributed by atoms with E-state index in [0.29, 0.717) is 0 Å². The summed E-state index contributed by atoms with van der Waals surface area (Å²) >= 11 is 3.55. The van der Waals surface area contributed by atoms with Gasteiger partial charge < -0.3 is 9.94 Å². The van der Waals surface area contributed by atoms with Crippen LogP contribution < -0.4 is 0 Å². The number of hydrogen-bond donors (Lipinski definition) is 1. The Bertz CT molecular complexity index is 617. The summed E-state index contributed by atoms with van der Waals surface area (Å²) in [5, 5.41) is 5.47. The van der Waals surface area contributed by atoms with Crippen molar-refractivity contribution in [3.05, 3.63) is 0 Å². The average Bonchev–Trinajstić information content (AvgIpc) is 2.88. The Morgan fingerprint density at radius 2 is 1.30 bits per heavy atom. The van der Waals surface area contributed by atoms with E-state index in [9.17, 15) is 57.8 Å². The molecule has 1 aliphatic heterocycles. The first-order chi connectivity index (χ1) is 11.6. The van der Waals surface area contributed by atoms with Gasteiger partial charge in [0, 0.05) is 0 Å². The van der Waals surface area contributed by atoms with Gasteiger partial charge >= 0.3 is 40.8 Å². The quantitative estimate of drug-likeness (QED) is 0.445. The maximum absolute atomic E-state index is 13.8. The topological polar surface area (TPSA) is 41.8 Å². The molecular weight excluding hydrogens is 442 g/mol. The fraction of sp³-hybridized carbons (Fsp3) is 0.909. The Kier molecular flexibility index (Phi) is 5.48. The van der Waals surface area contributed by atoms with Crippen molar-refractivity contribution in [3.8, 4) is 0 Å². The fourth-order valence-corrected chi connectivity index (χ4v) is 1.97. The van der Waals surface area contributed by atoms with Crippen molar-refractivity contribution in [1.29, 1.82) is 0 Å². The monoisotopic (exact) mass is 449 g/mol. The highest BCUT2D eigenvalue weighted by atomic mass is 35.5. The fourth-order valence-electron chi connectivity index (χ4n) is 1.85. The first-order valence-electron chi connectivity index (χ1n) is 6.56. The van der Waals surface area contributed by atoms with Crippen molar-refractivity contribution in [2.75, 3.05) is 0 Å². The van der Waals surface area contributed by atoms with Crippen molar-refractivity contribution in [2.24, 2.45) is 5.16 Å². The van der Waals surface area contributed by atoms with E-state index < -0.39 is 52.9 Å². The second-order valence-electron chi connectivity index (χ2n) is 5.43. The highest BCUT2D eigenvalue weighted by Crippen LogP contribution is 2.62. The van der Waals surface area contributed by atoms with Crippen LogP contribution in [0.3, 0.4) is 0 Å². The molecule has 0 radical (unpaired) electrons. The minimum atomic E-state index is -7.83. The lowest BCUT2D eigenvalue weighted by molar-refractivity contribution is -0.450. The summed E-state index contributed by atoms with van der Waals surface area (Å²) < 4.78 is 159. The molecule has 1 atom stereocenters. The van der Waals surface area contributed by atoms with Gasteiger partial charge in [0.25, 0.3) is 0 Å². The second-order valence-corrected chi connectivity index (χ2v) is 5.91. The van der Waals surface area contributed by atoms with Crippen LogP contribution in [0.25, 0.3) is 0 Å². The molecule has 160 valence electrons. The number of alkyl halides is 13. The van der Waals surface area contributed by atoms with Gasteiger partial charge in [0.05, 0.1) is 12.1 Å². The zero-order chi connectivity index (χ0) is 21.9. The van der Waals surface area contributed by atoms with Crippen LogP contribution in [0.15, 0.2) is 5.16 Å². The first kappa shape index (κ1) is 23.9. The predicted octanol–water partition coefficient (Wildman–Crippen LogP) is 4.87. The predicted molar refractivity (Wildman–Crippen MR) is 63.9 cm³/mol. The van der Waals surface area contributed by atoms with E-state index in [2.05, 4.69) is 21.6 Å². The van der Waals surface area contributed by atoms with Crippen LogP contribution >= 0.6 is 11.6 Å². The molecular formula is C11H8ClF12NO2. The van der Waals surface area contributed by atoms with Gasteiger partial charge in [-0.05, 0) is 18.0 Å². The molecule has 3 nitrogen and oxygen atoms in total. The summed E-state index contributed by atoms with van der Waals surface area (Å²) in [6.45, 7) is 1.16. The van der Waals surface area contributed by atoms with Crippen LogP contribution in [0.1, 0.15) is 19.8 Å².